The van der Waals surface area contributed by atoms with Crippen LogP contribution in [0.3, 0.4) is 0 Å². The van der Waals surface area contributed by atoms with Gasteiger partial charge < -0.3 is 15.8 Å². The van der Waals surface area contributed by atoms with Gasteiger partial charge in [-0.3, -0.25) is 9.59 Å². The molecule has 0 aliphatic rings. The van der Waals surface area contributed by atoms with Gasteiger partial charge in [0.25, 0.3) is 5.91 Å². The van der Waals surface area contributed by atoms with Crippen molar-refractivity contribution >= 4 is 48.3 Å². The summed E-state index contributed by atoms with van der Waals surface area (Å²) >= 11 is 1.20. The molecule has 2 aromatic carbocycles. The average molecular weight is 483 g/mol. The largest absolute Gasteiger partial charge is 0.438 e. The molecule has 3 N–H and O–H groups in total. The number of hydrogen-bond donors (Lipinski definition) is 2. The van der Waals surface area contributed by atoms with Crippen LogP contribution in [0.25, 0.3) is 10.2 Å². The van der Waals surface area contributed by atoms with E-state index in [9.17, 15) is 18.0 Å². The van der Waals surface area contributed by atoms with E-state index in [0.717, 1.165) is 11.8 Å². The molecule has 4 rings (SSSR count). The number of primary amides is 1. The van der Waals surface area contributed by atoms with Gasteiger partial charge in [0.05, 0.1) is 21.5 Å². The minimum absolute atomic E-state index is 0.0981. The highest BCUT2D eigenvalue weighted by molar-refractivity contribution is 7.90. The number of aromatic nitrogens is 2. The molecule has 0 fully saturated rings. The number of carbonyl (C=O) groups excluding carboxylic acids is 2. The fourth-order valence-electron chi connectivity index (χ4n) is 2.98. The highest BCUT2D eigenvalue weighted by Crippen LogP contribution is 2.28. The predicted octanol–water partition coefficient (Wildman–Crippen LogP) is 3.17. The number of thiazole rings is 1. The number of nitrogens with zero attached hydrogens (tertiary/aromatic N) is 2. The minimum Gasteiger partial charge on any atom is -0.438 e. The van der Waals surface area contributed by atoms with E-state index >= 15 is 0 Å². The molecule has 33 heavy (non-hydrogen) atoms. The third-order valence-corrected chi connectivity index (χ3v) is 6.62. The lowest BCUT2D eigenvalue weighted by Crippen LogP contribution is -2.14. The molecular weight excluding hydrogens is 464 g/mol. The first kappa shape index (κ1) is 22.4. The van der Waals surface area contributed by atoms with Crippen LogP contribution in [-0.2, 0) is 21.1 Å². The van der Waals surface area contributed by atoms with Crippen LogP contribution in [0.1, 0.15) is 15.9 Å². The number of anilines is 1. The van der Waals surface area contributed by atoms with Gasteiger partial charge in [-0.1, -0.05) is 23.5 Å². The van der Waals surface area contributed by atoms with Crippen molar-refractivity contribution in [2.24, 2.45) is 5.73 Å². The fraction of sp³-hybridized carbons (Fsp3) is 0.0909. The highest BCUT2D eigenvalue weighted by atomic mass is 32.2. The molecule has 0 saturated carbocycles. The zero-order valence-corrected chi connectivity index (χ0v) is 18.9. The Bertz CT molecular complexity index is 1460. The Kier molecular flexibility index (Phi) is 6.07. The quantitative estimate of drug-likeness (QED) is 0.412. The van der Waals surface area contributed by atoms with Crippen molar-refractivity contribution in [2.75, 3.05) is 11.6 Å². The van der Waals surface area contributed by atoms with Gasteiger partial charge in [-0.25, -0.2) is 18.4 Å². The van der Waals surface area contributed by atoms with Crippen LogP contribution in [0.4, 0.5) is 5.13 Å². The number of pyridine rings is 1. The summed E-state index contributed by atoms with van der Waals surface area (Å²) in [6.07, 6.45) is 2.73. The molecule has 0 saturated heterocycles. The van der Waals surface area contributed by atoms with Crippen molar-refractivity contribution in [1.82, 2.24) is 9.97 Å². The second-order valence-electron chi connectivity index (χ2n) is 7.11. The van der Waals surface area contributed by atoms with Crippen molar-refractivity contribution in [2.45, 2.75) is 11.3 Å². The van der Waals surface area contributed by atoms with Crippen molar-refractivity contribution < 1.29 is 22.7 Å². The lowest BCUT2D eigenvalue weighted by atomic mass is 10.1. The zero-order valence-electron chi connectivity index (χ0n) is 17.3. The summed E-state index contributed by atoms with van der Waals surface area (Å²) in [5.41, 5.74) is 6.83. The van der Waals surface area contributed by atoms with Gasteiger partial charge in [0, 0.05) is 12.5 Å². The Morgan fingerprint density at radius 1 is 1.12 bits per heavy atom. The predicted molar refractivity (Wildman–Crippen MR) is 124 cm³/mol. The fourth-order valence-corrected chi connectivity index (χ4v) is 4.63. The lowest BCUT2D eigenvalue weighted by molar-refractivity contribution is -0.115. The van der Waals surface area contributed by atoms with Gasteiger partial charge in [-0.15, -0.1) is 0 Å². The molecule has 0 bridgehead atoms. The number of nitrogens with two attached hydrogens (primary N) is 1. The molecule has 2 aromatic heterocycles. The number of amides is 2. The van der Waals surface area contributed by atoms with E-state index in [1.165, 1.54) is 29.7 Å². The number of fused-ring (bicyclic) bond motifs is 1. The summed E-state index contributed by atoms with van der Waals surface area (Å²) in [6, 6.07) is 14.5. The Morgan fingerprint density at radius 2 is 1.88 bits per heavy atom. The van der Waals surface area contributed by atoms with Gasteiger partial charge >= 0.3 is 0 Å². The second kappa shape index (κ2) is 8.96. The molecule has 0 spiro atoms. The molecule has 2 heterocycles. The summed E-state index contributed by atoms with van der Waals surface area (Å²) < 4.78 is 29.7. The molecule has 0 aliphatic heterocycles. The molecule has 0 atom stereocenters. The van der Waals surface area contributed by atoms with Crippen LogP contribution in [0.5, 0.6) is 11.6 Å². The first-order valence-electron chi connectivity index (χ1n) is 9.61. The Morgan fingerprint density at radius 3 is 2.58 bits per heavy atom. The number of ether oxygens (including phenoxy) is 1. The number of rotatable bonds is 7. The maximum Gasteiger partial charge on any atom is 0.254 e. The van der Waals surface area contributed by atoms with E-state index < -0.39 is 15.7 Å². The molecule has 4 aromatic rings. The van der Waals surface area contributed by atoms with E-state index in [2.05, 4.69) is 15.3 Å². The number of benzene rings is 2. The molecule has 2 amide bonds. The maximum absolute atomic E-state index is 12.4. The van der Waals surface area contributed by atoms with E-state index in [0.29, 0.717) is 21.1 Å². The third kappa shape index (κ3) is 5.33. The number of sulfone groups is 1. The maximum atomic E-state index is 12.4. The molecule has 168 valence electrons. The van der Waals surface area contributed by atoms with Crippen LogP contribution < -0.4 is 15.8 Å². The number of carbonyl (C=O) groups is 2. The van der Waals surface area contributed by atoms with E-state index in [-0.39, 0.29) is 28.7 Å². The third-order valence-electron chi connectivity index (χ3n) is 4.57. The average Bonchev–Trinajstić information content (AvgIpc) is 3.16. The lowest BCUT2D eigenvalue weighted by Gasteiger charge is -2.08. The minimum atomic E-state index is -3.32. The van der Waals surface area contributed by atoms with Gasteiger partial charge in [0.2, 0.25) is 11.8 Å². The molecule has 9 nitrogen and oxygen atoms in total. The van der Waals surface area contributed by atoms with Crippen molar-refractivity contribution in [3.8, 4) is 11.6 Å². The molecule has 0 radical (unpaired) electrons. The van der Waals surface area contributed by atoms with Gasteiger partial charge in [0.15, 0.2) is 15.0 Å². The van der Waals surface area contributed by atoms with E-state index in [1.807, 2.05) is 0 Å². The Balaban J connectivity index is 1.41. The topological polar surface area (TPSA) is 141 Å². The monoisotopic (exact) mass is 482 g/mol. The molecule has 0 aliphatic carbocycles. The summed E-state index contributed by atoms with van der Waals surface area (Å²) in [5.74, 6) is -0.376. The standard InChI is InChI=1S/C22H18N4O5S2/c1-33(29,30)15-8-9-17-18(12-15)32-22(25-17)26-19(27)11-13-4-6-14(7-5-13)31-21-16(20(23)28)3-2-10-24-21/h2-10,12H,11H2,1H3,(H2,23,28)(H,25,26,27). The molecule has 0 unspecified atom stereocenters. The first-order chi connectivity index (χ1) is 15.7. The van der Waals surface area contributed by atoms with Crippen LogP contribution in [0, 0.1) is 0 Å². The number of hydrogen-bond acceptors (Lipinski definition) is 8. The van der Waals surface area contributed by atoms with Crippen molar-refractivity contribution in [1.29, 1.82) is 0 Å². The van der Waals surface area contributed by atoms with Crippen LogP contribution >= 0.6 is 11.3 Å². The van der Waals surface area contributed by atoms with E-state index in [1.54, 1.807) is 42.5 Å². The highest BCUT2D eigenvalue weighted by Gasteiger charge is 2.14. The van der Waals surface area contributed by atoms with Crippen LogP contribution in [0.15, 0.2) is 65.7 Å². The summed E-state index contributed by atoms with van der Waals surface area (Å²) in [6.45, 7) is 0. The van der Waals surface area contributed by atoms with Gasteiger partial charge in [-0.2, -0.15) is 0 Å². The van der Waals surface area contributed by atoms with Gasteiger partial charge in [0.1, 0.15) is 11.3 Å². The van der Waals surface area contributed by atoms with Crippen molar-refractivity contribution in [3.05, 3.63) is 71.9 Å². The smallest absolute Gasteiger partial charge is 0.254 e. The zero-order chi connectivity index (χ0) is 23.6. The summed E-state index contributed by atoms with van der Waals surface area (Å²) in [4.78, 5) is 32.5. The second-order valence-corrected chi connectivity index (χ2v) is 10.2. The molecular formula is C22H18N4O5S2. The Hall–Kier alpha value is -3.83. The van der Waals surface area contributed by atoms with Gasteiger partial charge in [-0.05, 0) is 48.0 Å². The Labute approximate surface area is 193 Å². The number of nitrogens with one attached hydrogen (secondary N) is 1. The molecule has 11 heteroatoms. The van der Waals surface area contributed by atoms with E-state index in [4.69, 9.17) is 10.5 Å². The van der Waals surface area contributed by atoms with Crippen molar-refractivity contribution in [3.63, 3.8) is 0 Å². The SMILES string of the molecule is CS(=O)(=O)c1ccc2nc(NC(=O)Cc3ccc(Oc4ncccc4C(N)=O)cc3)sc2c1. The normalized spacial score (nSPS) is 11.3. The summed E-state index contributed by atoms with van der Waals surface area (Å²) in [5, 5.41) is 3.12. The van der Waals surface area contributed by atoms with Crippen LogP contribution in [0.2, 0.25) is 0 Å². The van der Waals surface area contributed by atoms with Crippen LogP contribution in [-0.4, -0.2) is 36.5 Å². The first-order valence-corrected chi connectivity index (χ1v) is 12.3. The summed E-state index contributed by atoms with van der Waals surface area (Å²) in [7, 11) is -3.32.